The summed E-state index contributed by atoms with van der Waals surface area (Å²) in [6.07, 6.45) is 7.26. The maximum absolute atomic E-state index is 4.13. The molecule has 100 valence electrons. The normalized spacial score (nSPS) is 21.5. The predicted octanol–water partition coefficient (Wildman–Crippen LogP) is 3.26. The minimum Gasteiger partial charge on any atom is -0.382 e. The molecule has 4 heteroatoms. The lowest BCUT2D eigenvalue weighted by atomic mass is 9.87. The Balaban J connectivity index is 1.73. The standard InChI is InChI=1S/C15H20N4/c1-15(2)9-3-4-14(15)18-12-5-7-13(8-6-12)19-16-10-11-17-19/h5-8,10-11,14,18H,3-4,9H2,1-2H3. The van der Waals surface area contributed by atoms with Crippen molar-refractivity contribution in [2.45, 2.75) is 39.2 Å². The molecule has 0 bridgehead atoms. The molecule has 0 radical (unpaired) electrons. The Morgan fingerprint density at radius 3 is 2.42 bits per heavy atom. The van der Waals surface area contributed by atoms with E-state index >= 15 is 0 Å². The molecule has 1 aromatic carbocycles. The summed E-state index contributed by atoms with van der Waals surface area (Å²) in [6, 6.07) is 8.87. The molecule has 1 fully saturated rings. The summed E-state index contributed by atoms with van der Waals surface area (Å²) in [5.41, 5.74) is 2.56. The van der Waals surface area contributed by atoms with Gasteiger partial charge in [0.2, 0.25) is 0 Å². The molecule has 3 rings (SSSR count). The Morgan fingerprint density at radius 2 is 1.84 bits per heavy atom. The van der Waals surface area contributed by atoms with Gasteiger partial charge in [-0.2, -0.15) is 15.0 Å². The van der Waals surface area contributed by atoms with Crippen LogP contribution in [0.1, 0.15) is 33.1 Å². The lowest BCUT2D eigenvalue weighted by Gasteiger charge is -2.28. The fourth-order valence-electron chi connectivity index (χ4n) is 2.84. The quantitative estimate of drug-likeness (QED) is 0.916. The molecule has 1 aromatic heterocycles. The smallest absolute Gasteiger partial charge is 0.0858 e. The number of nitrogens with zero attached hydrogens (tertiary/aromatic N) is 3. The van der Waals surface area contributed by atoms with Gasteiger partial charge in [0.1, 0.15) is 0 Å². The summed E-state index contributed by atoms with van der Waals surface area (Å²) in [4.78, 5) is 1.63. The van der Waals surface area contributed by atoms with Crippen LogP contribution in [-0.2, 0) is 0 Å². The number of anilines is 1. The lowest BCUT2D eigenvalue weighted by Crippen LogP contribution is -2.30. The van der Waals surface area contributed by atoms with E-state index in [2.05, 4.69) is 41.5 Å². The van der Waals surface area contributed by atoms with Gasteiger partial charge in [0.05, 0.1) is 18.1 Å². The summed E-state index contributed by atoms with van der Waals surface area (Å²) < 4.78 is 0. The number of hydrogen-bond donors (Lipinski definition) is 1. The molecule has 1 aliphatic rings. The first-order chi connectivity index (χ1) is 9.15. The third kappa shape index (κ3) is 2.48. The molecule has 1 saturated carbocycles. The van der Waals surface area contributed by atoms with E-state index in [4.69, 9.17) is 0 Å². The van der Waals surface area contributed by atoms with Gasteiger partial charge in [-0.25, -0.2) is 0 Å². The van der Waals surface area contributed by atoms with Gasteiger partial charge >= 0.3 is 0 Å². The van der Waals surface area contributed by atoms with Crippen molar-refractivity contribution < 1.29 is 0 Å². The van der Waals surface area contributed by atoms with E-state index in [1.165, 1.54) is 24.9 Å². The van der Waals surface area contributed by atoms with Gasteiger partial charge < -0.3 is 5.32 Å². The van der Waals surface area contributed by atoms with Crippen molar-refractivity contribution in [3.05, 3.63) is 36.7 Å². The molecule has 1 aliphatic carbocycles. The van der Waals surface area contributed by atoms with Crippen LogP contribution in [0.2, 0.25) is 0 Å². The fraction of sp³-hybridized carbons (Fsp3) is 0.467. The largest absolute Gasteiger partial charge is 0.382 e. The Morgan fingerprint density at radius 1 is 1.16 bits per heavy atom. The van der Waals surface area contributed by atoms with Gasteiger partial charge in [-0.1, -0.05) is 20.3 Å². The van der Waals surface area contributed by atoms with Crippen LogP contribution < -0.4 is 5.32 Å². The van der Waals surface area contributed by atoms with E-state index in [1.54, 1.807) is 17.2 Å². The maximum Gasteiger partial charge on any atom is 0.0858 e. The van der Waals surface area contributed by atoms with Crippen LogP contribution in [0.5, 0.6) is 0 Å². The van der Waals surface area contributed by atoms with Crippen LogP contribution in [0.25, 0.3) is 5.69 Å². The van der Waals surface area contributed by atoms with Gasteiger partial charge in [-0.15, -0.1) is 0 Å². The van der Waals surface area contributed by atoms with Gasteiger partial charge in [0.25, 0.3) is 0 Å². The molecule has 1 heterocycles. The van der Waals surface area contributed by atoms with Gasteiger partial charge in [-0.3, -0.25) is 0 Å². The van der Waals surface area contributed by atoms with E-state index in [0.29, 0.717) is 11.5 Å². The molecular formula is C15H20N4. The zero-order valence-corrected chi connectivity index (χ0v) is 11.5. The van der Waals surface area contributed by atoms with E-state index in [-0.39, 0.29) is 0 Å². The first kappa shape index (κ1) is 12.2. The topological polar surface area (TPSA) is 42.7 Å². The predicted molar refractivity (Wildman–Crippen MR) is 76.4 cm³/mol. The van der Waals surface area contributed by atoms with Crippen molar-refractivity contribution in [1.82, 2.24) is 15.0 Å². The fourth-order valence-corrected chi connectivity index (χ4v) is 2.84. The zero-order chi connectivity index (χ0) is 13.3. The molecule has 0 saturated heterocycles. The summed E-state index contributed by atoms with van der Waals surface area (Å²) in [6.45, 7) is 4.69. The second kappa shape index (κ2) is 4.68. The van der Waals surface area contributed by atoms with E-state index in [0.717, 1.165) is 5.69 Å². The number of rotatable bonds is 3. The van der Waals surface area contributed by atoms with Crippen LogP contribution in [-0.4, -0.2) is 21.0 Å². The van der Waals surface area contributed by atoms with Gasteiger partial charge in [-0.05, 0) is 42.5 Å². The Hall–Kier alpha value is -1.84. The SMILES string of the molecule is CC1(C)CCCC1Nc1ccc(-n2nccn2)cc1. The van der Waals surface area contributed by atoms with E-state index < -0.39 is 0 Å². The lowest BCUT2D eigenvalue weighted by molar-refractivity contribution is 0.350. The number of benzene rings is 1. The van der Waals surface area contributed by atoms with Gasteiger partial charge in [0, 0.05) is 11.7 Å². The van der Waals surface area contributed by atoms with E-state index in [1.807, 2.05) is 12.1 Å². The molecule has 4 nitrogen and oxygen atoms in total. The first-order valence-electron chi connectivity index (χ1n) is 6.88. The summed E-state index contributed by atoms with van der Waals surface area (Å²) in [5, 5.41) is 11.9. The second-order valence-corrected chi connectivity index (χ2v) is 5.94. The van der Waals surface area contributed by atoms with Crippen molar-refractivity contribution >= 4 is 5.69 Å². The van der Waals surface area contributed by atoms with Crippen molar-refractivity contribution in [3.8, 4) is 5.69 Å². The molecular weight excluding hydrogens is 236 g/mol. The molecule has 0 aliphatic heterocycles. The van der Waals surface area contributed by atoms with Gasteiger partial charge in [0.15, 0.2) is 0 Å². The number of aromatic nitrogens is 3. The first-order valence-corrected chi connectivity index (χ1v) is 6.88. The molecule has 1 N–H and O–H groups in total. The molecule has 1 atom stereocenters. The van der Waals surface area contributed by atoms with Crippen molar-refractivity contribution in [3.63, 3.8) is 0 Å². The number of nitrogens with one attached hydrogen (secondary N) is 1. The Kier molecular flexibility index (Phi) is 3.01. The van der Waals surface area contributed by atoms with Crippen LogP contribution >= 0.6 is 0 Å². The summed E-state index contributed by atoms with van der Waals surface area (Å²) in [5.74, 6) is 0. The summed E-state index contributed by atoms with van der Waals surface area (Å²) in [7, 11) is 0. The third-order valence-electron chi connectivity index (χ3n) is 4.12. The highest BCUT2D eigenvalue weighted by Crippen LogP contribution is 2.38. The minimum atomic E-state index is 0.391. The average Bonchev–Trinajstić information content (AvgIpc) is 3.01. The van der Waals surface area contributed by atoms with Crippen molar-refractivity contribution in [2.24, 2.45) is 5.41 Å². The monoisotopic (exact) mass is 256 g/mol. The van der Waals surface area contributed by atoms with E-state index in [9.17, 15) is 0 Å². The highest BCUT2D eigenvalue weighted by molar-refractivity contribution is 5.49. The third-order valence-corrected chi connectivity index (χ3v) is 4.12. The minimum absolute atomic E-state index is 0.391. The molecule has 19 heavy (non-hydrogen) atoms. The molecule has 1 unspecified atom stereocenters. The highest BCUT2D eigenvalue weighted by Gasteiger charge is 2.34. The van der Waals surface area contributed by atoms with Crippen molar-refractivity contribution in [1.29, 1.82) is 0 Å². The average molecular weight is 256 g/mol. The molecule has 2 aromatic rings. The van der Waals surface area contributed by atoms with Crippen LogP contribution in [0, 0.1) is 5.41 Å². The maximum atomic E-state index is 4.13. The van der Waals surface area contributed by atoms with Crippen molar-refractivity contribution in [2.75, 3.05) is 5.32 Å². The molecule has 0 spiro atoms. The van der Waals surface area contributed by atoms with Crippen LogP contribution in [0.3, 0.4) is 0 Å². The Bertz CT molecular complexity index is 528. The Labute approximate surface area is 113 Å². The summed E-state index contributed by atoms with van der Waals surface area (Å²) >= 11 is 0. The second-order valence-electron chi connectivity index (χ2n) is 5.94. The van der Waals surface area contributed by atoms with Crippen LogP contribution in [0.15, 0.2) is 36.7 Å². The molecule has 0 amide bonds. The van der Waals surface area contributed by atoms with Crippen LogP contribution in [0.4, 0.5) is 5.69 Å². The number of hydrogen-bond acceptors (Lipinski definition) is 3. The zero-order valence-electron chi connectivity index (χ0n) is 11.5. The highest BCUT2D eigenvalue weighted by atomic mass is 15.5.